The number of hydrogen-bond acceptors (Lipinski definition) is 0. The molecule has 2 aromatic carbocycles. The van der Waals surface area contributed by atoms with Gasteiger partial charge in [0.2, 0.25) is 0 Å². The van der Waals surface area contributed by atoms with E-state index < -0.39 is 0 Å². The molecular formula is C20H19Cl2PZr. The van der Waals surface area contributed by atoms with E-state index in [-0.39, 0.29) is 58.6 Å². The molecule has 122 valence electrons. The molecule has 1 aromatic heterocycles. The summed E-state index contributed by atoms with van der Waals surface area (Å²) in [6.45, 7) is 4.22. The molecule has 4 heteroatoms. The van der Waals surface area contributed by atoms with Gasteiger partial charge >= 0.3 is 26.2 Å². The first-order chi connectivity index (χ1) is 10.2. The van der Waals surface area contributed by atoms with Gasteiger partial charge in [0.25, 0.3) is 0 Å². The fourth-order valence-electron chi connectivity index (χ4n) is 2.44. The zero-order valence-electron chi connectivity index (χ0n) is 13.8. The SMILES string of the molecule is CC1=[C-]CC=C1C.[Cl-].[Cl-].[Zr+4].c1ccc2[cH-]c(-p3cccc3)cc2c1. The van der Waals surface area contributed by atoms with Crippen molar-refractivity contribution in [3.8, 4) is 5.30 Å². The van der Waals surface area contributed by atoms with Gasteiger partial charge in [0.15, 0.2) is 0 Å². The topological polar surface area (TPSA) is 0 Å². The summed E-state index contributed by atoms with van der Waals surface area (Å²) in [5.41, 5.74) is 2.71. The summed E-state index contributed by atoms with van der Waals surface area (Å²) in [5, 5.41) is 4.18. The zero-order chi connectivity index (χ0) is 14.7. The molecule has 0 saturated heterocycles. The van der Waals surface area contributed by atoms with Crippen molar-refractivity contribution in [3.63, 3.8) is 0 Å². The van der Waals surface area contributed by atoms with Crippen LogP contribution in [-0.4, -0.2) is 0 Å². The van der Waals surface area contributed by atoms with Gasteiger partial charge in [-0.25, -0.2) is 11.1 Å². The van der Waals surface area contributed by atoms with Gasteiger partial charge in [-0.15, -0.1) is 55.9 Å². The molecule has 0 spiro atoms. The molecule has 24 heavy (non-hydrogen) atoms. The first kappa shape index (κ1) is 23.6. The third kappa shape index (κ3) is 5.82. The van der Waals surface area contributed by atoms with Crippen molar-refractivity contribution in [2.24, 2.45) is 0 Å². The van der Waals surface area contributed by atoms with Crippen molar-refractivity contribution in [2.75, 3.05) is 0 Å². The van der Waals surface area contributed by atoms with Gasteiger partial charge in [-0.2, -0.15) is 12.1 Å². The predicted molar refractivity (Wildman–Crippen MR) is 94.4 cm³/mol. The van der Waals surface area contributed by atoms with Crippen molar-refractivity contribution in [1.82, 2.24) is 0 Å². The molecule has 4 rings (SSSR count). The first-order valence-electron chi connectivity index (χ1n) is 7.27. The Morgan fingerprint density at radius 1 is 1.00 bits per heavy atom. The summed E-state index contributed by atoms with van der Waals surface area (Å²) >= 11 is 0. The van der Waals surface area contributed by atoms with E-state index >= 15 is 0 Å². The average Bonchev–Trinajstić information content (AvgIpc) is 3.21. The Labute approximate surface area is 177 Å². The van der Waals surface area contributed by atoms with E-state index in [1.165, 1.54) is 27.2 Å². The molecule has 0 fully saturated rings. The third-order valence-corrected chi connectivity index (χ3v) is 5.71. The van der Waals surface area contributed by atoms with Crippen molar-refractivity contribution >= 4 is 18.3 Å². The monoisotopic (exact) mass is 450 g/mol. The number of allylic oxidation sites excluding steroid dienone is 4. The van der Waals surface area contributed by atoms with Crippen molar-refractivity contribution in [2.45, 2.75) is 20.3 Å². The normalized spacial score (nSPS) is 11.9. The number of benzene rings is 1. The summed E-state index contributed by atoms with van der Waals surface area (Å²) in [4.78, 5) is 0. The van der Waals surface area contributed by atoms with E-state index in [1.54, 1.807) is 0 Å². The van der Waals surface area contributed by atoms with Crippen LogP contribution in [0.25, 0.3) is 16.1 Å². The fourth-order valence-corrected chi connectivity index (χ4v) is 4.03. The van der Waals surface area contributed by atoms with Crippen LogP contribution in [0, 0.1) is 6.08 Å². The molecule has 3 aromatic rings. The van der Waals surface area contributed by atoms with Crippen LogP contribution in [0.3, 0.4) is 0 Å². The van der Waals surface area contributed by atoms with Gasteiger partial charge in [0.05, 0.1) is 0 Å². The Bertz CT molecular complexity index is 749. The molecule has 0 bridgehead atoms. The van der Waals surface area contributed by atoms with E-state index in [0.29, 0.717) is 0 Å². The van der Waals surface area contributed by atoms with E-state index in [9.17, 15) is 0 Å². The molecule has 0 saturated carbocycles. The number of rotatable bonds is 1. The maximum absolute atomic E-state index is 3.19. The molecule has 1 heterocycles. The smallest absolute Gasteiger partial charge is 1.00 e. The van der Waals surface area contributed by atoms with Crippen molar-refractivity contribution < 1.29 is 51.0 Å². The maximum Gasteiger partial charge on any atom is 4.00 e. The molecule has 0 radical (unpaired) electrons. The Hall–Kier alpha value is -0.447. The summed E-state index contributed by atoms with van der Waals surface area (Å²) in [7, 11) is -0.148. The van der Waals surface area contributed by atoms with Gasteiger partial charge in [-0.3, -0.25) is 6.08 Å². The van der Waals surface area contributed by atoms with Crippen LogP contribution < -0.4 is 24.8 Å². The van der Waals surface area contributed by atoms with Crippen LogP contribution in [0.2, 0.25) is 0 Å². The Morgan fingerprint density at radius 3 is 2.17 bits per heavy atom. The van der Waals surface area contributed by atoms with Gasteiger partial charge in [0, 0.05) is 0 Å². The summed E-state index contributed by atoms with van der Waals surface area (Å²) in [5.74, 6) is 4.59. The van der Waals surface area contributed by atoms with Crippen LogP contribution in [0.15, 0.2) is 77.3 Å². The van der Waals surface area contributed by atoms with E-state index in [2.05, 4.69) is 86.1 Å². The van der Waals surface area contributed by atoms with Gasteiger partial charge in [0.1, 0.15) is 0 Å². The second-order valence-corrected chi connectivity index (χ2v) is 7.25. The van der Waals surface area contributed by atoms with Gasteiger partial charge in [-0.1, -0.05) is 30.4 Å². The van der Waals surface area contributed by atoms with Crippen molar-refractivity contribution in [1.29, 1.82) is 0 Å². The quantitative estimate of drug-likeness (QED) is 0.476. The Kier molecular flexibility index (Phi) is 11.0. The summed E-state index contributed by atoms with van der Waals surface area (Å²) < 4.78 is 0. The molecule has 1 aliphatic rings. The molecule has 0 N–H and O–H groups in total. The first-order valence-corrected chi connectivity index (χ1v) is 8.75. The number of hydrogen-bond donors (Lipinski definition) is 0. The van der Waals surface area contributed by atoms with Crippen LogP contribution >= 0.6 is 7.53 Å². The summed E-state index contributed by atoms with van der Waals surface area (Å²) in [6.07, 6.45) is 6.41. The number of halogens is 2. The molecule has 0 amide bonds. The van der Waals surface area contributed by atoms with E-state index in [4.69, 9.17) is 0 Å². The molecule has 0 atom stereocenters. The fraction of sp³-hybridized carbons (Fsp3) is 0.150. The summed E-state index contributed by atoms with van der Waals surface area (Å²) in [6, 6.07) is 17.4. The molecule has 0 nitrogen and oxygen atoms in total. The Balaban J connectivity index is 0.000000463. The van der Waals surface area contributed by atoms with Gasteiger partial charge < -0.3 is 24.8 Å². The number of fused-ring (bicyclic) bond motifs is 1. The average molecular weight is 452 g/mol. The van der Waals surface area contributed by atoms with Crippen LogP contribution in [0.5, 0.6) is 0 Å². The minimum Gasteiger partial charge on any atom is -1.00 e. The zero-order valence-corrected chi connectivity index (χ0v) is 18.6. The second kappa shape index (κ2) is 11.2. The minimum atomic E-state index is -0.148. The third-order valence-electron chi connectivity index (χ3n) is 3.87. The van der Waals surface area contributed by atoms with Gasteiger partial charge in [-0.05, 0) is 11.6 Å². The van der Waals surface area contributed by atoms with E-state index in [0.717, 1.165) is 6.42 Å². The van der Waals surface area contributed by atoms with Crippen LogP contribution in [-0.2, 0) is 26.2 Å². The molecule has 0 aliphatic heterocycles. The van der Waals surface area contributed by atoms with Crippen molar-refractivity contribution in [3.05, 3.63) is 83.4 Å². The van der Waals surface area contributed by atoms with Crippen LogP contribution in [0.4, 0.5) is 0 Å². The molecule has 0 unspecified atom stereocenters. The Morgan fingerprint density at radius 2 is 1.67 bits per heavy atom. The largest absolute Gasteiger partial charge is 4.00 e. The molecule has 1 aliphatic carbocycles. The standard InChI is InChI=1S/C13H10P.C7H9.2ClH.Zr/c1-2-6-12-10-13(9-11(12)5-1)14-7-3-4-8-14;1-6-4-3-5-7(6)2;;;/h1-10H;4H,3H2,1-2H3;2*1H;/q2*-1;;;+4/p-2. The predicted octanol–water partition coefficient (Wildman–Crippen LogP) is 0.626. The second-order valence-electron chi connectivity index (χ2n) is 5.33. The maximum atomic E-state index is 3.19. The minimum absolute atomic E-state index is 0. The van der Waals surface area contributed by atoms with E-state index in [1.807, 2.05) is 0 Å². The van der Waals surface area contributed by atoms with Crippen LogP contribution in [0.1, 0.15) is 20.3 Å². The molecular weight excluding hydrogens is 433 g/mol.